The number of nitrogens with zero attached hydrogens (tertiary/aromatic N) is 2. The van der Waals surface area contributed by atoms with Gasteiger partial charge in [-0.1, -0.05) is 35.1 Å². The van der Waals surface area contributed by atoms with Gasteiger partial charge in [-0.2, -0.15) is 0 Å². The van der Waals surface area contributed by atoms with Crippen molar-refractivity contribution in [2.24, 2.45) is 0 Å². The number of halogens is 1. The lowest BCUT2D eigenvalue weighted by atomic mass is 10.2. The predicted molar refractivity (Wildman–Crippen MR) is 110 cm³/mol. The summed E-state index contributed by atoms with van der Waals surface area (Å²) < 4.78 is 11.9. The Balaban J connectivity index is 1.38. The van der Waals surface area contributed by atoms with E-state index in [0.717, 1.165) is 21.5 Å². The summed E-state index contributed by atoms with van der Waals surface area (Å²) in [6, 6.07) is 13.0. The van der Waals surface area contributed by atoms with E-state index in [1.165, 1.54) is 11.3 Å². The third-order valence-electron chi connectivity index (χ3n) is 4.10. The van der Waals surface area contributed by atoms with E-state index in [9.17, 15) is 4.79 Å². The molecule has 0 spiro atoms. The van der Waals surface area contributed by atoms with Crippen LogP contribution < -0.4 is 10.1 Å². The molecule has 0 aliphatic carbocycles. The van der Waals surface area contributed by atoms with E-state index < -0.39 is 0 Å². The van der Waals surface area contributed by atoms with Crippen molar-refractivity contribution < 1.29 is 13.9 Å². The Bertz CT molecular complexity index is 1140. The molecule has 0 aliphatic rings. The third-order valence-corrected chi connectivity index (χ3v) is 5.36. The first kappa shape index (κ1) is 18.5. The minimum absolute atomic E-state index is 0.150. The van der Waals surface area contributed by atoms with Crippen LogP contribution in [-0.4, -0.2) is 23.0 Å². The molecule has 1 amide bonds. The standard InChI is InChI=1S/C20H16ClN3O3S/c1-26-12-6-7-15-17(10-12)28-20(23-15)24-18(25)8-9-19-22-11-16(27-19)13-4-2-3-5-14(13)21/h2-7,10-11H,8-9H2,1H3,(H,23,24,25). The Morgan fingerprint density at radius 2 is 2.14 bits per heavy atom. The highest BCUT2D eigenvalue weighted by atomic mass is 35.5. The molecule has 4 rings (SSSR count). The number of nitrogens with one attached hydrogen (secondary N) is 1. The van der Waals surface area contributed by atoms with Gasteiger partial charge in [-0.25, -0.2) is 9.97 Å². The van der Waals surface area contributed by atoms with Gasteiger partial charge in [0, 0.05) is 18.4 Å². The predicted octanol–water partition coefficient (Wildman–Crippen LogP) is 5.18. The summed E-state index contributed by atoms with van der Waals surface area (Å²) in [4.78, 5) is 20.9. The first-order valence-corrected chi connectivity index (χ1v) is 9.76. The Hall–Kier alpha value is -2.90. The number of methoxy groups -OCH3 is 1. The zero-order valence-electron chi connectivity index (χ0n) is 14.9. The molecule has 1 N–H and O–H groups in total. The highest BCUT2D eigenvalue weighted by Gasteiger charge is 2.13. The number of benzene rings is 2. The number of hydrogen-bond donors (Lipinski definition) is 1. The smallest absolute Gasteiger partial charge is 0.226 e. The van der Waals surface area contributed by atoms with Crippen LogP contribution in [0.4, 0.5) is 5.13 Å². The van der Waals surface area contributed by atoms with Crippen molar-refractivity contribution in [3.63, 3.8) is 0 Å². The van der Waals surface area contributed by atoms with Crippen molar-refractivity contribution in [1.29, 1.82) is 0 Å². The maximum absolute atomic E-state index is 12.3. The number of anilines is 1. The van der Waals surface area contributed by atoms with Crippen molar-refractivity contribution >= 4 is 44.2 Å². The molecular formula is C20H16ClN3O3S. The molecule has 8 heteroatoms. The molecule has 0 saturated carbocycles. The number of aryl methyl sites for hydroxylation is 1. The number of rotatable bonds is 6. The van der Waals surface area contributed by atoms with Crippen LogP contribution >= 0.6 is 22.9 Å². The van der Waals surface area contributed by atoms with Crippen LogP contribution in [0, 0.1) is 0 Å². The fraction of sp³-hybridized carbons (Fsp3) is 0.150. The summed E-state index contributed by atoms with van der Waals surface area (Å²) in [6.07, 6.45) is 2.24. The number of carbonyl (C=O) groups excluding carboxylic acids is 1. The molecule has 0 bridgehead atoms. The quantitative estimate of drug-likeness (QED) is 0.471. The molecule has 4 aromatic rings. The fourth-order valence-electron chi connectivity index (χ4n) is 2.70. The molecule has 0 saturated heterocycles. The number of amides is 1. The minimum atomic E-state index is -0.150. The van der Waals surface area contributed by atoms with Gasteiger partial charge in [-0.05, 0) is 30.3 Å². The monoisotopic (exact) mass is 413 g/mol. The zero-order valence-corrected chi connectivity index (χ0v) is 16.5. The van der Waals surface area contributed by atoms with Gasteiger partial charge in [0.2, 0.25) is 5.91 Å². The van der Waals surface area contributed by atoms with Gasteiger partial charge in [0.1, 0.15) is 5.75 Å². The Morgan fingerprint density at radius 3 is 2.96 bits per heavy atom. The van der Waals surface area contributed by atoms with Crippen molar-refractivity contribution in [2.45, 2.75) is 12.8 Å². The minimum Gasteiger partial charge on any atom is -0.497 e. The zero-order chi connectivity index (χ0) is 19.5. The molecule has 142 valence electrons. The van der Waals surface area contributed by atoms with Crippen molar-refractivity contribution in [3.8, 4) is 17.1 Å². The summed E-state index contributed by atoms with van der Waals surface area (Å²) >= 11 is 7.58. The number of ether oxygens (including phenoxy) is 1. The van der Waals surface area contributed by atoms with Crippen LogP contribution in [0.15, 0.2) is 53.1 Å². The number of aromatic nitrogens is 2. The third kappa shape index (κ3) is 4.00. The fourth-order valence-corrected chi connectivity index (χ4v) is 3.84. The van der Waals surface area contributed by atoms with E-state index in [1.54, 1.807) is 19.4 Å². The van der Waals surface area contributed by atoms with Gasteiger partial charge < -0.3 is 14.5 Å². The largest absolute Gasteiger partial charge is 0.497 e. The molecule has 6 nitrogen and oxygen atoms in total. The van der Waals surface area contributed by atoms with Crippen LogP contribution in [0.1, 0.15) is 12.3 Å². The van der Waals surface area contributed by atoms with Crippen molar-refractivity contribution in [2.75, 3.05) is 12.4 Å². The summed E-state index contributed by atoms with van der Waals surface area (Å²) in [7, 11) is 1.62. The first-order chi connectivity index (χ1) is 13.6. The molecule has 0 aliphatic heterocycles. The summed E-state index contributed by atoms with van der Waals surface area (Å²) in [6.45, 7) is 0. The normalized spacial score (nSPS) is 10.9. The van der Waals surface area contributed by atoms with Crippen molar-refractivity contribution in [1.82, 2.24) is 9.97 Å². The van der Waals surface area contributed by atoms with Crippen LogP contribution in [0.5, 0.6) is 5.75 Å². The van der Waals surface area contributed by atoms with Gasteiger partial charge in [-0.3, -0.25) is 4.79 Å². The molecule has 0 unspecified atom stereocenters. The second-order valence-electron chi connectivity index (χ2n) is 6.00. The summed E-state index contributed by atoms with van der Waals surface area (Å²) in [5.41, 5.74) is 1.59. The lowest BCUT2D eigenvalue weighted by Crippen LogP contribution is -2.12. The van der Waals surface area contributed by atoms with Crippen molar-refractivity contribution in [3.05, 3.63) is 59.6 Å². The molecule has 2 aromatic heterocycles. The molecule has 2 heterocycles. The number of oxazole rings is 1. The second-order valence-corrected chi connectivity index (χ2v) is 7.44. The summed E-state index contributed by atoms with van der Waals surface area (Å²) in [5.74, 6) is 1.68. The lowest BCUT2D eigenvalue weighted by molar-refractivity contribution is -0.116. The molecule has 28 heavy (non-hydrogen) atoms. The average Bonchev–Trinajstić information content (AvgIpc) is 3.32. The van der Waals surface area contributed by atoms with E-state index >= 15 is 0 Å². The van der Waals surface area contributed by atoms with E-state index in [0.29, 0.717) is 28.2 Å². The summed E-state index contributed by atoms with van der Waals surface area (Å²) in [5, 5.41) is 3.97. The van der Waals surface area contributed by atoms with Crippen LogP contribution in [0.25, 0.3) is 21.5 Å². The first-order valence-electron chi connectivity index (χ1n) is 8.56. The number of fused-ring (bicyclic) bond motifs is 1. The highest BCUT2D eigenvalue weighted by Crippen LogP contribution is 2.30. The van der Waals surface area contributed by atoms with Crippen LogP contribution in [0.2, 0.25) is 5.02 Å². The number of thiazole rings is 1. The van der Waals surface area contributed by atoms with E-state index in [2.05, 4.69) is 15.3 Å². The molecule has 0 radical (unpaired) electrons. The lowest BCUT2D eigenvalue weighted by Gasteiger charge is -2.00. The topological polar surface area (TPSA) is 77.2 Å². The van der Waals surface area contributed by atoms with Crippen LogP contribution in [-0.2, 0) is 11.2 Å². The van der Waals surface area contributed by atoms with E-state index in [4.69, 9.17) is 20.8 Å². The molecular weight excluding hydrogens is 398 g/mol. The Labute approximate surface area is 170 Å². The molecule has 0 atom stereocenters. The number of hydrogen-bond acceptors (Lipinski definition) is 6. The van der Waals surface area contributed by atoms with Gasteiger partial charge in [0.25, 0.3) is 0 Å². The molecule has 0 fully saturated rings. The van der Waals surface area contributed by atoms with Gasteiger partial charge in [0.15, 0.2) is 16.8 Å². The second kappa shape index (κ2) is 8.00. The Morgan fingerprint density at radius 1 is 1.29 bits per heavy atom. The number of carbonyl (C=O) groups is 1. The molecule has 2 aromatic carbocycles. The maximum Gasteiger partial charge on any atom is 0.226 e. The van der Waals surface area contributed by atoms with Gasteiger partial charge >= 0.3 is 0 Å². The van der Waals surface area contributed by atoms with E-state index in [-0.39, 0.29) is 12.3 Å². The SMILES string of the molecule is COc1ccc2nc(NC(=O)CCc3ncc(-c4ccccc4Cl)o3)sc2c1. The van der Waals surface area contributed by atoms with Gasteiger partial charge in [-0.15, -0.1) is 0 Å². The average molecular weight is 414 g/mol. The maximum atomic E-state index is 12.3. The van der Waals surface area contributed by atoms with E-state index in [1.807, 2.05) is 36.4 Å². The Kier molecular flexibility index (Phi) is 5.27. The highest BCUT2D eigenvalue weighted by molar-refractivity contribution is 7.22. The van der Waals surface area contributed by atoms with Gasteiger partial charge in [0.05, 0.1) is 28.5 Å². The van der Waals surface area contributed by atoms with Crippen LogP contribution in [0.3, 0.4) is 0 Å².